The molecule has 0 aliphatic carbocycles. The number of benzene rings is 3. The number of aryl methyl sites for hydroxylation is 1. The lowest BCUT2D eigenvalue weighted by atomic mass is 10.1. The molecule has 1 aliphatic rings. The highest BCUT2D eigenvalue weighted by Crippen LogP contribution is 2.35. The minimum absolute atomic E-state index is 0.160. The maximum absolute atomic E-state index is 13.1. The highest BCUT2D eigenvalue weighted by atomic mass is 35.5. The lowest BCUT2D eigenvalue weighted by Crippen LogP contribution is -1.98. The summed E-state index contributed by atoms with van der Waals surface area (Å²) in [6.45, 7) is 2.27. The third-order valence-corrected chi connectivity index (χ3v) is 5.09. The monoisotopic (exact) mass is 408 g/mol. The van der Waals surface area contributed by atoms with E-state index in [9.17, 15) is 9.18 Å². The van der Waals surface area contributed by atoms with E-state index in [-0.39, 0.29) is 18.1 Å². The summed E-state index contributed by atoms with van der Waals surface area (Å²) in [6, 6.07) is 17.2. The SMILES string of the molecule is CCc1ccc(/C=C2/Oc3cc(OCc4ccc(F)cc4Cl)ccc3C2=O)cc1. The number of carbonyl (C=O) groups is 1. The van der Waals surface area contributed by atoms with E-state index in [1.165, 1.54) is 17.7 Å². The van der Waals surface area contributed by atoms with Crippen LogP contribution in [0, 0.1) is 5.82 Å². The van der Waals surface area contributed by atoms with E-state index in [1.54, 1.807) is 30.3 Å². The van der Waals surface area contributed by atoms with Gasteiger partial charge in [-0.05, 0) is 47.9 Å². The third-order valence-electron chi connectivity index (χ3n) is 4.74. The van der Waals surface area contributed by atoms with Gasteiger partial charge in [0.2, 0.25) is 5.78 Å². The molecule has 0 fully saturated rings. The fourth-order valence-corrected chi connectivity index (χ4v) is 3.28. The molecule has 0 saturated heterocycles. The average molecular weight is 409 g/mol. The van der Waals surface area contributed by atoms with E-state index in [0.29, 0.717) is 27.6 Å². The molecule has 0 saturated carbocycles. The molecule has 29 heavy (non-hydrogen) atoms. The first-order valence-corrected chi connectivity index (χ1v) is 9.65. The lowest BCUT2D eigenvalue weighted by Gasteiger charge is -2.08. The van der Waals surface area contributed by atoms with E-state index in [4.69, 9.17) is 21.1 Å². The number of rotatable bonds is 5. The van der Waals surface area contributed by atoms with Crippen molar-refractivity contribution in [1.82, 2.24) is 0 Å². The van der Waals surface area contributed by atoms with Gasteiger partial charge in [0, 0.05) is 11.6 Å². The fourth-order valence-electron chi connectivity index (χ4n) is 3.06. The standard InChI is InChI=1S/C24H18ClFO3/c1-2-15-3-5-16(6-4-15)11-23-24(27)20-10-9-19(13-22(20)29-23)28-14-17-7-8-18(26)12-21(17)25/h3-13H,2,14H2,1H3/b23-11+. The van der Waals surface area contributed by atoms with Crippen LogP contribution in [0.3, 0.4) is 0 Å². The summed E-state index contributed by atoms with van der Waals surface area (Å²) in [5, 5.41) is 0.303. The number of ketones is 1. The average Bonchev–Trinajstić information content (AvgIpc) is 3.03. The smallest absolute Gasteiger partial charge is 0.231 e. The molecule has 3 nitrogen and oxygen atoms in total. The minimum Gasteiger partial charge on any atom is -0.489 e. The molecule has 0 amide bonds. The van der Waals surface area contributed by atoms with E-state index in [1.807, 2.05) is 24.3 Å². The van der Waals surface area contributed by atoms with Gasteiger partial charge in [-0.3, -0.25) is 4.79 Å². The summed E-state index contributed by atoms with van der Waals surface area (Å²) < 4.78 is 24.7. The first-order valence-electron chi connectivity index (χ1n) is 9.27. The van der Waals surface area contributed by atoms with E-state index >= 15 is 0 Å². The van der Waals surface area contributed by atoms with Crippen molar-refractivity contribution >= 4 is 23.5 Å². The molecule has 0 aromatic heterocycles. The van der Waals surface area contributed by atoms with Crippen LogP contribution in [-0.4, -0.2) is 5.78 Å². The maximum Gasteiger partial charge on any atom is 0.231 e. The van der Waals surface area contributed by atoms with Crippen LogP contribution >= 0.6 is 11.6 Å². The summed E-state index contributed by atoms with van der Waals surface area (Å²) in [6.07, 6.45) is 2.70. The quantitative estimate of drug-likeness (QED) is 0.469. The molecule has 1 aliphatic heterocycles. The largest absolute Gasteiger partial charge is 0.489 e. The summed E-state index contributed by atoms with van der Waals surface area (Å²) in [5.74, 6) is 0.710. The van der Waals surface area contributed by atoms with Gasteiger partial charge in [-0.15, -0.1) is 0 Å². The highest BCUT2D eigenvalue weighted by molar-refractivity contribution is 6.31. The zero-order valence-electron chi connectivity index (χ0n) is 15.7. The predicted molar refractivity (Wildman–Crippen MR) is 111 cm³/mol. The van der Waals surface area contributed by atoms with Gasteiger partial charge in [0.25, 0.3) is 0 Å². The number of Topliss-reactive ketones (excluding diaryl/α,β-unsaturated/α-hetero) is 1. The zero-order valence-corrected chi connectivity index (χ0v) is 16.5. The van der Waals surface area contributed by atoms with Crippen molar-refractivity contribution in [2.75, 3.05) is 0 Å². The molecule has 0 atom stereocenters. The summed E-state index contributed by atoms with van der Waals surface area (Å²) in [4.78, 5) is 12.6. The summed E-state index contributed by atoms with van der Waals surface area (Å²) in [7, 11) is 0. The molecule has 0 bridgehead atoms. The maximum atomic E-state index is 13.1. The van der Waals surface area contributed by atoms with Crippen LogP contribution in [0.15, 0.2) is 66.4 Å². The Morgan fingerprint density at radius 2 is 1.86 bits per heavy atom. The second-order valence-corrected chi connectivity index (χ2v) is 7.12. The number of hydrogen-bond acceptors (Lipinski definition) is 3. The van der Waals surface area contributed by atoms with Gasteiger partial charge in [-0.25, -0.2) is 4.39 Å². The van der Waals surface area contributed by atoms with Gasteiger partial charge in [0.15, 0.2) is 5.76 Å². The van der Waals surface area contributed by atoms with Crippen LogP contribution in [0.2, 0.25) is 5.02 Å². The molecule has 0 unspecified atom stereocenters. The number of fused-ring (bicyclic) bond motifs is 1. The number of ether oxygens (including phenoxy) is 2. The Labute approximate surface area is 173 Å². The highest BCUT2D eigenvalue weighted by Gasteiger charge is 2.27. The van der Waals surface area contributed by atoms with Gasteiger partial charge in [-0.2, -0.15) is 0 Å². The Hall–Kier alpha value is -3.11. The second-order valence-electron chi connectivity index (χ2n) is 6.72. The van der Waals surface area contributed by atoms with Crippen molar-refractivity contribution in [2.24, 2.45) is 0 Å². The molecule has 146 valence electrons. The Kier molecular flexibility index (Phi) is 5.36. The molecule has 1 heterocycles. The number of carbonyl (C=O) groups excluding carboxylic acids is 1. The van der Waals surface area contributed by atoms with E-state index in [2.05, 4.69) is 6.92 Å². The van der Waals surface area contributed by atoms with Crippen molar-refractivity contribution in [2.45, 2.75) is 20.0 Å². The molecule has 4 rings (SSSR count). The van der Waals surface area contributed by atoms with Gasteiger partial charge >= 0.3 is 0 Å². The number of halogens is 2. The second kappa shape index (κ2) is 8.10. The Balaban J connectivity index is 1.50. The van der Waals surface area contributed by atoms with Crippen molar-refractivity contribution in [3.8, 4) is 11.5 Å². The molecular weight excluding hydrogens is 391 g/mol. The Morgan fingerprint density at radius 3 is 2.59 bits per heavy atom. The van der Waals surface area contributed by atoms with E-state index < -0.39 is 5.82 Å². The Bertz CT molecular complexity index is 1100. The Morgan fingerprint density at radius 1 is 1.07 bits per heavy atom. The summed E-state index contributed by atoms with van der Waals surface area (Å²) in [5.41, 5.74) is 3.30. The van der Waals surface area contributed by atoms with E-state index in [0.717, 1.165) is 12.0 Å². The lowest BCUT2D eigenvalue weighted by molar-refractivity contribution is 0.101. The predicted octanol–water partition coefficient (Wildman–Crippen LogP) is 6.24. The van der Waals surface area contributed by atoms with Gasteiger partial charge in [-0.1, -0.05) is 48.9 Å². The van der Waals surface area contributed by atoms with Crippen molar-refractivity contribution in [1.29, 1.82) is 0 Å². The number of hydrogen-bond donors (Lipinski definition) is 0. The van der Waals surface area contributed by atoms with Gasteiger partial charge in [0.05, 0.1) is 10.6 Å². The third kappa shape index (κ3) is 4.17. The summed E-state index contributed by atoms with van der Waals surface area (Å²) >= 11 is 6.03. The topological polar surface area (TPSA) is 35.5 Å². The van der Waals surface area contributed by atoms with Crippen molar-refractivity contribution in [3.63, 3.8) is 0 Å². The normalized spacial score (nSPS) is 14.0. The van der Waals surface area contributed by atoms with Crippen molar-refractivity contribution < 1.29 is 18.7 Å². The molecule has 3 aromatic rings. The first-order chi connectivity index (χ1) is 14.0. The zero-order chi connectivity index (χ0) is 20.4. The van der Waals surface area contributed by atoms with Crippen LogP contribution in [-0.2, 0) is 13.0 Å². The fraction of sp³-hybridized carbons (Fsp3) is 0.125. The number of allylic oxidation sites excluding steroid dienone is 1. The molecular formula is C24H18ClFO3. The molecule has 0 N–H and O–H groups in total. The van der Waals surface area contributed by atoms with Crippen LogP contribution < -0.4 is 9.47 Å². The molecule has 5 heteroatoms. The first kappa shape index (κ1) is 19.2. The molecule has 0 radical (unpaired) electrons. The molecule has 0 spiro atoms. The van der Waals surface area contributed by atoms with Crippen molar-refractivity contribution in [3.05, 3.63) is 99.5 Å². The minimum atomic E-state index is -0.396. The van der Waals surface area contributed by atoms with Crippen LogP contribution in [0.4, 0.5) is 4.39 Å². The van der Waals surface area contributed by atoms with Gasteiger partial charge < -0.3 is 9.47 Å². The van der Waals surface area contributed by atoms with Crippen LogP contribution in [0.5, 0.6) is 11.5 Å². The van der Waals surface area contributed by atoms with Gasteiger partial charge in [0.1, 0.15) is 23.9 Å². The van der Waals surface area contributed by atoms with Crippen LogP contribution in [0.25, 0.3) is 6.08 Å². The van der Waals surface area contributed by atoms with Crippen LogP contribution in [0.1, 0.15) is 34.0 Å². The molecule has 3 aromatic carbocycles.